The minimum Gasteiger partial charge on any atom is -0.506 e. The van der Waals surface area contributed by atoms with Crippen molar-refractivity contribution < 1.29 is 9.50 Å². The fourth-order valence-electron chi connectivity index (χ4n) is 0.992. The van der Waals surface area contributed by atoms with E-state index in [1.165, 1.54) is 12.1 Å². The maximum atomic E-state index is 13.1. The highest BCUT2D eigenvalue weighted by molar-refractivity contribution is 6.32. The first-order valence-corrected chi connectivity index (χ1v) is 4.00. The Labute approximate surface area is 80.4 Å². The first kappa shape index (κ1) is 10.0. The third-order valence-corrected chi connectivity index (χ3v) is 2.01. The Kier molecular flexibility index (Phi) is 2.90. The summed E-state index contributed by atoms with van der Waals surface area (Å²) in [5.41, 5.74) is 5.46. The summed E-state index contributed by atoms with van der Waals surface area (Å²) in [5, 5.41) is 9.46. The Balaban J connectivity index is 3.32. The topological polar surface area (TPSA) is 46.2 Å². The van der Waals surface area contributed by atoms with Crippen molar-refractivity contribution in [1.82, 2.24) is 0 Å². The number of nitrogens with two attached hydrogens (primary N) is 1. The molecule has 1 aromatic rings. The summed E-state index contributed by atoms with van der Waals surface area (Å²) in [7, 11) is 0. The van der Waals surface area contributed by atoms with Gasteiger partial charge < -0.3 is 10.8 Å². The molecule has 0 fully saturated rings. The van der Waals surface area contributed by atoms with Crippen LogP contribution < -0.4 is 5.73 Å². The monoisotopic (exact) mass is 201 g/mol. The second kappa shape index (κ2) is 3.77. The molecule has 0 spiro atoms. The molecule has 70 valence electrons. The Hall–Kier alpha value is -1.06. The molecule has 1 unspecified atom stereocenters. The zero-order chi connectivity index (χ0) is 10.0. The van der Waals surface area contributed by atoms with E-state index in [2.05, 4.69) is 6.58 Å². The fraction of sp³-hybridized carbons (Fsp3) is 0.111. The van der Waals surface area contributed by atoms with Crippen LogP contribution in [0.3, 0.4) is 0 Å². The van der Waals surface area contributed by atoms with Gasteiger partial charge in [0.15, 0.2) is 0 Å². The minimum atomic E-state index is -0.751. The van der Waals surface area contributed by atoms with Crippen molar-refractivity contribution in [3.63, 3.8) is 0 Å². The van der Waals surface area contributed by atoms with Crippen LogP contribution in [-0.4, -0.2) is 5.11 Å². The molecule has 2 nitrogen and oxygen atoms in total. The molecule has 0 saturated heterocycles. The molecular weight excluding hydrogens is 193 g/mol. The Morgan fingerprint density at radius 2 is 2.23 bits per heavy atom. The number of phenols is 1. The summed E-state index contributed by atoms with van der Waals surface area (Å²) < 4.78 is 13.1. The lowest BCUT2D eigenvalue weighted by Crippen LogP contribution is -2.09. The molecule has 1 atom stereocenters. The lowest BCUT2D eigenvalue weighted by atomic mass is 10.1. The molecule has 13 heavy (non-hydrogen) atoms. The highest BCUT2D eigenvalue weighted by atomic mass is 35.5. The molecule has 1 rings (SSSR count). The second-order valence-electron chi connectivity index (χ2n) is 2.55. The fourth-order valence-corrected chi connectivity index (χ4v) is 1.16. The van der Waals surface area contributed by atoms with E-state index in [1.807, 2.05) is 0 Å². The van der Waals surface area contributed by atoms with Gasteiger partial charge in [-0.3, -0.25) is 0 Å². The van der Waals surface area contributed by atoms with Crippen LogP contribution in [0.15, 0.2) is 24.8 Å². The van der Waals surface area contributed by atoms with Gasteiger partial charge in [-0.1, -0.05) is 17.7 Å². The summed E-state index contributed by atoms with van der Waals surface area (Å²) in [5.74, 6) is -0.914. The van der Waals surface area contributed by atoms with Crippen LogP contribution in [0.1, 0.15) is 11.6 Å². The third kappa shape index (κ3) is 1.82. The van der Waals surface area contributed by atoms with E-state index in [0.29, 0.717) is 0 Å². The van der Waals surface area contributed by atoms with E-state index in [1.54, 1.807) is 0 Å². The Morgan fingerprint density at radius 3 is 2.77 bits per heavy atom. The predicted octanol–water partition coefficient (Wildman–Crippen LogP) is 2.37. The quantitative estimate of drug-likeness (QED) is 0.722. The average molecular weight is 202 g/mol. The van der Waals surface area contributed by atoms with Crippen molar-refractivity contribution in [1.29, 1.82) is 0 Å². The molecule has 0 heterocycles. The van der Waals surface area contributed by atoms with Crippen molar-refractivity contribution >= 4 is 11.6 Å². The van der Waals surface area contributed by atoms with Gasteiger partial charge in [0.05, 0.1) is 16.6 Å². The molecule has 0 amide bonds. The number of hydrogen-bond donors (Lipinski definition) is 2. The molecule has 0 saturated carbocycles. The largest absolute Gasteiger partial charge is 0.506 e. The summed E-state index contributed by atoms with van der Waals surface area (Å²) >= 11 is 5.58. The average Bonchev–Trinajstić information content (AvgIpc) is 2.12. The maximum Gasteiger partial charge on any atom is 0.142 e. The smallest absolute Gasteiger partial charge is 0.142 e. The number of benzene rings is 1. The molecule has 0 bridgehead atoms. The lowest BCUT2D eigenvalue weighted by molar-refractivity contribution is 0.456. The Bertz CT molecular complexity index is 341. The van der Waals surface area contributed by atoms with Gasteiger partial charge in [-0.15, -0.1) is 6.58 Å². The normalized spacial score (nSPS) is 12.5. The third-order valence-electron chi connectivity index (χ3n) is 1.70. The number of hydrogen-bond acceptors (Lipinski definition) is 2. The first-order chi connectivity index (χ1) is 6.07. The molecule has 1 aromatic carbocycles. The van der Waals surface area contributed by atoms with Crippen molar-refractivity contribution in [2.45, 2.75) is 6.04 Å². The maximum absolute atomic E-state index is 13.1. The van der Waals surface area contributed by atoms with Crippen LogP contribution in [-0.2, 0) is 0 Å². The number of rotatable bonds is 2. The van der Waals surface area contributed by atoms with Gasteiger partial charge in [-0.05, 0) is 12.1 Å². The first-order valence-electron chi connectivity index (χ1n) is 3.63. The van der Waals surface area contributed by atoms with Crippen LogP contribution in [0, 0.1) is 5.82 Å². The number of phenolic OH excluding ortho intramolecular Hbond substituents is 1. The Morgan fingerprint density at radius 1 is 1.62 bits per heavy atom. The van der Waals surface area contributed by atoms with Crippen molar-refractivity contribution in [3.05, 3.63) is 41.2 Å². The lowest BCUT2D eigenvalue weighted by Gasteiger charge is -2.10. The van der Waals surface area contributed by atoms with Crippen LogP contribution in [0.25, 0.3) is 0 Å². The summed E-state index contributed by atoms with van der Waals surface area (Å²) in [4.78, 5) is 0. The van der Waals surface area contributed by atoms with Crippen LogP contribution in [0.5, 0.6) is 5.75 Å². The van der Waals surface area contributed by atoms with E-state index in [9.17, 15) is 9.50 Å². The van der Waals surface area contributed by atoms with Gasteiger partial charge in [-0.25, -0.2) is 4.39 Å². The summed E-state index contributed by atoms with van der Waals surface area (Å²) in [6.45, 7) is 3.40. The van der Waals surface area contributed by atoms with E-state index >= 15 is 0 Å². The van der Waals surface area contributed by atoms with Crippen molar-refractivity contribution in [3.8, 4) is 5.75 Å². The van der Waals surface area contributed by atoms with Crippen molar-refractivity contribution in [2.75, 3.05) is 0 Å². The van der Waals surface area contributed by atoms with E-state index in [0.717, 1.165) is 6.07 Å². The molecule has 0 aromatic heterocycles. The van der Waals surface area contributed by atoms with Crippen molar-refractivity contribution in [2.24, 2.45) is 5.73 Å². The molecule has 0 aliphatic rings. The molecule has 3 N–H and O–H groups in total. The zero-order valence-corrected chi connectivity index (χ0v) is 7.55. The number of aromatic hydroxyl groups is 1. The number of halogens is 2. The van der Waals surface area contributed by atoms with Crippen LogP contribution in [0.4, 0.5) is 4.39 Å². The van der Waals surface area contributed by atoms with E-state index in [4.69, 9.17) is 17.3 Å². The molecule has 0 aliphatic heterocycles. The van der Waals surface area contributed by atoms with Gasteiger partial charge >= 0.3 is 0 Å². The standard InChI is InChI=1S/C9H9ClFNO/c1-2-7(12)8-6(11)4-3-5(10)9(8)13/h2-4,7,13H,1,12H2. The molecular formula is C9H9ClFNO. The van der Waals surface area contributed by atoms with Gasteiger partial charge in [0.2, 0.25) is 0 Å². The van der Waals surface area contributed by atoms with Gasteiger partial charge in [0.1, 0.15) is 11.6 Å². The summed E-state index contributed by atoms with van der Waals surface area (Å²) in [6, 6.07) is 1.67. The molecule has 0 aliphatic carbocycles. The van der Waals surface area contributed by atoms with Crippen LogP contribution in [0.2, 0.25) is 5.02 Å². The van der Waals surface area contributed by atoms with E-state index in [-0.39, 0.29) is 16.3 Å². The summed E-state index contributed by atoms with van der Waals surface area (Å²) in [6.07, 6.45) is 1.33. The molecule has 4 heteroatoms. The van der Waals surface area contributed by atoms with E-state index < -0.39 is 11.9 Å². The SMILES string of the molecule is C=CC(N)c1c(F)ccc(Cl)c1O. The minimum absolute atomic E-state index is 0.0255. The van der Waals surface area contributed by atoms with Crippen LogP contribution >= 0.6 is 11.6 Å². The van der Waals surface area contributed by atoms with Gasteiger partial charge in [0.25, 0.3) is 0 Å². The predicted molar refractivity (Wildman–Crippen MR) is 50.2 cm³/mol. The highest BCUT2D eigenvalue weighted by Crippen LogP contribution is 2.32. The second-order valence-corrected chi connectivity index (χ2v) is 2.96. The molecule has 0 radical (unpaired) electrons. The highest BCUT2D eigenvalue weighted by Gasteiger charge is 2.15. The van der Waals surface area contributed by atoms with Gasteiger partial charge in [-0.2, -0.15) is 0 Å². The van der Waals surface area contributed by atoms with Gasteiger partial charge in [0, 0.05) is 0 Å². The zero-order valence-electron chi connectivity index (χ0n) is 6.80.